The van der Waals surface area contributed by atoms with Crippen LogP contribution in [0.3, 0.4) is 0 Å². The third kappa shape index (κ3) is 8.94. The molecule has 10 heteroatoms. The van der Waals surface area contributed by atoms with Crippen molar-refractivity contribution in [1.29, 1.82) is 0 Å². The van der Waals surface area contributed by atoms with E-state index in [-0.39, 0.29) is 75.2 Å². The highest BCUT2D eigenvalue weighted by Crippen LogP contribution is 2.38. The minimum Gasteiger partial charge on any atom is -0.507 e. The first-order valence-electron chi connectivity index (χ1n) is 11.2. The molecule has 10 nitrogen and oxygen atoms in total. The zero-order chi connectivity index (χ0) is 25.1. The molecule has 1 amide bonds. The minimum atomic E-state index is -0.720. The number of aliphatic hydroxyl groups excluding tert-OH is 2. The summed E-state index contributed by atoms with van der Waals surface area (Å²) in [5.41, 5.74) is 4.18. The molecule has 0 saturated heterocycles. The number of amides is 1. The van der Waals surface area contributed by atoms with E-state index in [1.165, 1.54) is 13.8 Å². The fourth-order valence-electron chi connectivity index (χ4n) is 4.41. The molecule has 196 valence electrons. The monoisotopic (exact) mass is 486 g/mol. The molecule has 1 aliphatic rings. The van der Waals surface area contributed by atoms with Gasteiger partial charge < -0.3 is 20.8 Å². The van der Waals surface area contributed by atoms with E-state index < -0.39 is 5.92 Å². The second-order valence-electron chi connectivity index (χ2n) is 8.49. The number of nitrogens with two attached hydrogens (primary N) is 1. The lowest BCUT2D eigenvalue weighted by molar-refractivity contribution is -0.131. The number of benzene rings is 1. The van der Waals surface area contributed by atoms with Gasteiger partial charge in [0.15, 0.2) is 5.78 Å². The Balaban J connectivity index is -0.00000124. The first kappa shape index (κ1) is 31.3. The van der Waals surface area contributed by atoms with Gasteiger partial charge in [-0.3, -0.25) is 24.6 Å². The Kier molecular flexibility index (Phi) is 14.1. The van der Waals surface area contributed by atoms with Gasteiger partial charge in [0.25, 0.3) is 0 Å². The molecule has 3 unspecified atom stereocenters. The van der Waals surface area contributed by atoms with Gasteiger partial charge in [0.05, 0.1) is 18.6 Å². The summed E-state index contributed by atoms with van der Waals surface area (Å²) < 4.78 is 0. The highest BCUT2D eigenvalue weighted by molar-refractivity contribution is 6.01. The number of carbonyl (C=O) groups excluding carboxylic acids is 4. The summed E-state index contributed by atoms with van der Waals surface area (Å²) in [6.07, 6.45) is 2.22. The van der Waals surface area contributed by atoms with Crippen LogP contribution < -0.4 is 11.3 Å². The summed E-state index contributed by atoms with van der Waals surface area (Å²) in [5, 5.41) is 29.3. The molecule has 1 aromatic rings. The van der Waals surface area contributed by atoms with Crippen LogP contribution in [0.25, 0.3) is 0 Å². The van der Waals surface area contributed by atoms with Gasteiger partial charge in [0.2, 0.25) is 5.91 Å². The van der Waals surface area contributed by atoms with Crippen LogP contribution in [0.4, 0.5) is 0 Å². The zero-order valence-electron chi connectivity index (χ0n) is 20.1. The number of aryl methyl sites for hydroxylation is 1. The van der Waals surface area contributed by atoms with Gasteiger partial charge in [0.1, 0.15) is 17.3 Å². The number of carbonyl (C=O) groups is 4. The largest absolute Gasteiger partial charge is 0.507 e. The summed E-state index contributed by atoms with van der Waals surface area (Å²) in [5.74, 6) is 2.62. The number of hydrogen-bond donors (Lipinski definition) is 5. The van der Waals surface area contributed by atoms with E-state index in [4.69, 9.17) is 0 Å². The average Bonchev–Trinajstić information content (AvgIpc) is 2.74. The molecular formula is C24H42N2O8. The molecule has 34 heavy (non-hydrogen) atoms. The number of aliphatic hydroxyl groups is 2. The highest BCUT2D eigenvalue weighted by atomic mass is 16.3. The van der Waals surface area contributed by atoms with Crippen LogP contribution in [0.5, 0.6) is 5.75 Å². The van der Waals surface area contributed by atoms with Gasteiger partial charge in [-0.05, 0) is 61.6 Å². The Labute approximate surface area is 202 Å². The number of phenolic OH excluding ortho intramolecular Hbond substituents is 1. The average molecular weight is 487 g/mol. The van der Waals surface area contributed by atoms with Crippen LogP contribution in [-0.2, 0) is 27.2 Å². The molecule has 0 bridgehead atoms. The summed E-state index contributed by atoms with van der Waals surface area (Å²) in [4.78, 5) is 45.9. The number of Topliss-reactive ketones (excluding diaryl/α,β-unsaturated/α-hetero) is 3. The lowest BCUT2D eigenvalue weighted by Crippen LogP contribution is -2.32. The van der Waals surface area contributed by atoms with Crippen LogP contribution in [0.1, 0.15) is 70.8 Å². The normalized spacial score (nSPS) is 16.2. The molecular weight excluding hydrogens is 444 g/mol. The quantitative estimate of drug-likeness (QED) is 0.139. The molecule has 1 aromatic carbocycles. The number of ketones is 3. The van der Waals surface area contributed by atoms with Crippen molar-refractivity contribution in [2.45, 2.75) is 59.3 Å². The molecule has 3 atom stereocenters. The van der Waals surface area contributed by atoms with Crippen molar-refractivity contribution in [2.75, 3.05) is 13.2 Å². The Bertz CT molecular complexity index is 867. The Morgan fingerprint density at radius 3 is 2.29 bits per heavy atom. The summed E-state index contributed by atoms with van der Waals surface area (Å²) in [6.45, 7) is 4.17. The van der Waals surface area contributed by atoms with E-state index >= 15 is 0 Å². The van der Waals surface area contributed by atoms with Crippen LogP contribution >= 0.6 is 0 Å². The number of hydrazine groups is 1. The number of hydrogen-bond acceptors (Lipinski definition) is 8. The number of fused-ring (bicyclic) bond motifs is 1. The fourth-order valence-corrected chi connectivity index (χ4v) is 4.41. The van der Waals surface area contributed by atoms with Gasteiger partial charge in [0, 0.05) is 28.7 Å². The van der Waals surface area contributed by atoms with E-state index in [1.54, 1.807) is 6.07 Å². The maximum Gasteiger partial charge on any atom is 0.230 e. The summed E-state index contributed by atoms with van der Waals surface area (Å²) in [6, 6.07) is 3.40. The number of rotatable bonds is 10. The zero-order valence-corrected chi connectivity index (χ0v) is 20.1. The lowest BCUT2D eigenvalue weighted by atomic mass is 9.72. The van der Waals surface area contributed by atoms with Crippen LogP contribution in [0.15, 0.2) is 12.1 Å². The molecule has 0 radical (unpaired) electrons. The molecule has 0 fully saturated rings. The van der Waals surface area contributed by atoms with Crippen molar-refractivity contribution in [3.05, 3.63) is 28.8 Å². The van der Waals surface area contributed by atoms with Crippen molar-refractivity contribution >= 4 is 23.3 Å². The van der Waals surface area contributed by atoms with E-state index in [2.05, 4.69) is 5.84 Å². The first-order chi connectivity index (χ1) is 15.6. The minimum absolute atomic E-state index is 0. The van der Waals surface area contributed by atoms with E-state index in [0.29, 0.717) is 24.8 Å². The molecule has 0 heterocycles. The van der Waals surface area contributed by atoms with Crippen molar-refractivity contribution < 1.29 is 42.8 Å². The maximum atomic E-state index is 12.7. The molecule has 0 saturated carbocycles. The standard InChI is InChI=1S/C22H30O6.C2H6N2O.H2O.2H2/c1-3-15-4-5-19(26)22-17(15)10-14(11-21(22)28)9-16(6-7-23)18(12-24)20(27)8-13(2)25;1-2(5)4-3;;;/h4-5,14,16,18,23-24,26H,3,6-12H2,1-2H3;3H2,1H3,(H,4,5);1H2;2*1H. The molecule has 0 spiro atoms. The number of aromatic hydroxyl groups is 1. The molecule has 0 aromatic heterocycles. The predicted octanol–water partition coefficient (Wildman–Crippen LogP) is 0.909. The molecule has 2 rings (SSSR count). The Hall–Kier alpha value is -2.66. The van der Waals surface area contributed by atoms with E-state index in [9.17, 15) is 34.5 Å². The SMILES string of the molecule is CC(=O)NN.CCc1ccc(O)c2c1CC(CC(CCO)C(CO)C(=O)CC(C)=O)CC2=O.O.[HH].[HH]. The molecule has 8 N–H and O–H groups in total. The van der Waals surface area contributed by atoms with Gasteiger partial charge in [-0.25, -0.2) is 5.84 Å². The van der Waals surface area contributed by atoms with Crippen molar-refractivity contribution in [3.63, 3.8) is 0 Å². The topological polar surface area (TPSA) is 199 Å². The number of phenols is 1. The van der Waals surface area contributed by atoms with E-state index in [1.807, 2.05) is 18.4 Å². The second-order valence-corrected chi connectivity index (χ2v) is 8.49. The van der Waals surface area contributed by atoms with Crippen LogP contribution in [0, 0.1) is 17.8 Å². The first-order valence-corrected chi connectivity index (χ1v) is 11.2. The number of nitrogens with one attached hydrogen (secondary N) is 1. The summed E-state index contributed by atoms with van der Waals surface area (Å²) in [7, 11) is 0. The third-order valence-electron chi connectivity index (χ3n) is 5.96. The predicted molar refractivity (Wildman–Crippen MR) is 130 cm³/mol. The highest BCUT2D eigenvalue weighted by Gasteiger charge is 2.34. The Morgan fingerprint density at radius 2 is 1.82 bits per heavy atom. The van der Waals surface area contributed by atoms with Gasteiger partial charge >= 0.3 is 0 Å². The smallest absolute Gasteiger partial charge is 0.230 e. The van der Waals surface area contributed by atoms with Crippen molar-refractivity contribution in [3.8, 4) is 5.75 Å². The van der Waals surface area contributed by atoms with E-state index in [0.717, 1.165) is 17.5 Å². The maximum absolute atomic E-state index is 12.7. The lowest BCUT2D eigenvalue weighted by Gasteiger charge is -2.31. The summed E-state index contributed by atoms with van der Waals surface area (Å²) >= 11 is 0. The molecule has 1 aliphatic carbocycles. The second kappa shape index (κ2) is 15.3. The Morgan fingerprint density at radius 1 is 1.21 bits per heavy atom. The van der Waals surface area contributed by atoms with Gasteiger partial charge in [-0.1, -0.05) is 13.0 Å². The third-order valence-corrected chi connectivity index (χ3v) is 5.96. The van der Waals surface area contributed by atoms with Crippen LogP contribution in [0.2, 0.25) is 0 Å². The van der Waals surface area contributed by atoms with Gasteiger partial charge in [-0.2, -0.15) is 0 Å². The van der Waals surface area contributed by atoms with Crippen LogP contribution in [-0.4, -0.2) is 57.3 Å². The van der Waals surface area contributed by atoms with Gasteiger partial charge in [-0.15, -0.1) is 0 Å². The molecule has 0 aliphatic heterocycles. The van der Waals surface area contributed by atoms with Crippen molar-refractivity contribution in [2.24, 2.45) is 23.6 Å². The van der Waals surface area contributed by atoms with Crippen molar-refractivity contribution in [1.82, 2.24) is 5.43 Å². The fraction of sp³-hybridized carbons (Fsp3) is 0.583.